The van der Waals surface area contributed by atoms with E-state index in [-0.39, 0.29) is 12.1 Å². The summed E-state index contributed by atoms with van der Waals surface area (Å²) in [6, 6.07) is 8.39. The van der Waals surface area contributed by atoms with Crippen LogP contribution in [0.15, 0.2) is 24.3 Å². The minimum absolute atomic E-state index is 0.0658. The summed E-state index contributed by atoms with van der Waals surface area (Å²) in [5.41, 5.74) is 1.16. The quantitative estimate of drug-likeness (QED) is 0.904. The van der Waals surface area contributed by atoms with Gasteiger partial charge >= 0.3 is 6.03 Å². The molecule has 0 aromatic heterocycles. The maximum Gasteiger partial charge on any atom is 0.321 e. The van der Waals surface area contributed by atoms with Crippen LogP contribution in [-0.4, -0.2) is 56.1 Å². The van der Waals surface area contributed by atoms with Crippen molar-refractivity contribution in [3.63, 3.8) is 0 Å². The van der Waals surface area contributed by atoms with Crippen molar-refractivity contribution in [2.24, 2.45) is 0 Å². The SMILES string of the molecule is CN(C1CCN(C(=O)Nc2ccc(C#N)cc2)CC1)S(C)(=O)=O. The standard InChI is InChI=1S/C15H20N4O3S/c1-18(23(2,21)22)14-7-9-19(10-8-14)15(20)17-13-5-3-12(11-16)4-6-13/h3-6,14H,7-10H2,1-2H3,(H,17,20). The lowest BCUT2D eigenvalue weighted by atomic mass is 10.1. The number of anilines is 1. The van der Waals surface area contributed by atoms with E-state index in [1.54, 1.807) is 36.2 Å². The summed E-state index contributed by atoms with van der Waals surface area (Å²) in [6.07, 6.45) is 2.42. The number of sulfonamides is 1. The van der Waals surface area contributed by atoms with E-state index in [1.807, 2.05) is 6.07 Å². The Morgan fingerprint density at radius 3 is 2.35 bits per heavy atom. The zero-order valence-electron chi connectivity index (χ0n) is 13.2. The number of nitriles is 1. The van der Waals surface area contributed by atoms with Crippen molar-refractivity contribution in [1.29, 1.82) is 5.26 Å². The minimum Gasteiger partial charge on any atom is -0.324 e. The van der Waals surface area contributed by atoms with E-state index in [2.05, 4.69) is 5.32 Å². The number of rotatable bonds is 3. The third-order valence-electron chi connectivity index (χ3n) is 4.05. The van der Waals surface area contributed by atoms with Crippen LogP contribution < -0.4 is 5.32 Å². The molecule has 0 atom stereocenters. The van der Waals surface area contributed by atoms with Gasteiger partial charge in [-0.2, -0.15) is 5.26 Å². The second kappa shape index (κ2) is 6.98. The van der Waals surface area contributed by atoms with Crippen molar-refractivity contribution in [1.82, 2.24) is 9.21 Å². The lowest BCUT2D eigenvalue weighted by Crippen LogP contribution is -2.48. The second-order valence-electron chi connectivity index (χ2n) is 5.62. The lowest BCUT2D eigenvalue weighted by Gasteiger charge is -2.35. The molecule has 1 heterocycles. The number of amides is 2. The molecule has 0 radical (unpaired) electrons. The number of hydrogen-bond acceptors (Lipinski definition) is 4. The predicted molar refractivity (Wildman–Crippen MR) is 87.4 cm³/mol. The van der Waals surface area contributed by atoms with E-state index in [0.717, 1.165) is 0 Å². The van der Waals surface area contributed by atoms with E-state index in [4.69, 9.17) is 5.26 Å². The highest BCUT2D eigenvalue weighted by molar-refractivity contribution is 7.88. The maximum atomic E-state index is 12.2. The number of likely N-dealkylation sites (tertiary alicyclic amines) is 1. The van der Waals surface area contributed by atoms with Crippen LogP contribution in [0.4, 0.5) is 10.5 Å². The summed E-state index contributed by atoms with van der Waals surface area (Å²) >= 11 is 0. The first-order valence-corrected chi connectivity index (χ1v) is 9.15. The Morgan fingerprint density at radius 2 is 1.87 bits per heavy atom. The number of nitrogens with zero attached hydrogens (tertiary/aromatic N) is 3. The fourth-order valence-electron chi connectivity index (χ4n) is 2.53. The van der Waals surface area contributed by atoms with Crippen molar-refractivity contribution in [3.05, 3.63) is 29.8 Å². The van der Waals surface area contributed by atoms with Gasteiger partial charge in [0.25, 0.3) is 0 Å². The summed E-state index contributed by atoms with van der Waals surface area (Å²) in [4.78, 5) is 13.9. The molecule has 1 aliphatic heterocycles. The van der Waals surface area contributed by atoms with Gasteiger partial charge in [-0.3, -0.25) is 0 Å². The van der Waals surface area contributed by atoms with Crippen LogP contribution in [0.5, 0.6) is 0 Å². The first kappa shape index (κ1) is 17.2. The van der Waals surface area contributed by atoms with Gasteiger partial charge in [-0.25, -0.2) is 17.5 Å². The molecule has 0 aliphatic carbocycles. The zero-order valence-corrected chi connectivity index (χ0v) is 14.0. The molecule has 0 spiro atoms. The molecule has 1 saturated heterocycles. The molecule has 8 heteroatoms. The largest absolute Gasteiger partial charge is 0.324 e. The third kappa shape index (κ3) is 4.43. The Kier molecular flexibility index (Phi) is 5.23. The summed E-state index contributed by atoms with van der Waals surface area (Å²) in [5, 5.41) is 11.5. The lowest BCUT2D eigenvalue weighted by molar-refractivity contribution is 0.175. The average molecular weight is 336 g/mol. The molecule has 1 N–H and O–H groups in total. The van der Waals surface area contributed by atoms with Crippen molar-refractivity contribution in [2.45, 2.75) is 18.9 Å². The van der Waals surface area contributed by atoms with Crippen LogP contribution >= 0.6 is 0 Å². The fraction of sp³-hybridized carbons (Fsp3) is 0.467. The normalized spacial score (nSPS) is 16.2. The van der Waals surface area contributed by atoms with E-state index < -0.39 is 10.0 Å². The van der Waals surface area contributed by atoms with Gasteiger partial charge in [0.05, 0.1) is 17.9 Å². The summed E-state index contributed by atoms with van der Waals surface area (Å²) in [6.45, 7) is 1.01. The molecule has 1 aromatic rings. The van der Waals surface area contributed by atoms with Gasteiger partial charge in [0.15, 0.2) is 0 Å². The van der Waals surface area contributed by atoms with Crippen LogP contribution in [-0.2, 0) is 10.0 Å². The molecule has 0 unspecified atom stereocenters. The van der Waals surface area contributed by atoms with Gasteiger partial charge in [0.1, 0.15) is 0 Å². The van der Waals surface area contributed by atoms with Crippen LogP contribution in [0.3, 0.4) is 0 Å². The number of nitrogens with one attached hydrogen (secondary N) is 1. The van der Waals surface area contributed by atoms with Crippen LogP contribution in [0.2, 0.25) is 0 Å². The molecule has 0 saturated carbocycles. The van der Waals surface area contributed by atoms with Crippen LogP contribution in [0, 0.1) is 11.3 Å². The van der Waals surface area contributed by atoms with Gasteiger partial charge in [-0.15, -0.1) is 0 Å². The number of benzene rings is 1. The Bertz CT molecular complexity index is 701. The van der Waals surface area contributed by atoms with E-state index in [9.17, 15) is 13.2 Å². The molecule has 1 aliphatic rings. The molecule has 2 amide bonds. The highest BCUT2D eigenvalue weighted by Gasteiger charge is 2.28. The summed E-state index contributed by atoms with van der Waals surface area (Å²) < 4.78 is 24.5. The van der Waals surface area contributed by atoms with Crippen LogP contribution in [0.25, 0.3) is 0 Å². The summed E-state index contributed by atoms with van der Waals surface area (Å²) in [7, 11) is -1.63. The van der Waals surface area contributed by atoms with Gasteiger partial charge in [-0.05, 0) is 37.1 Å². The van der Waals surface area contributed by atoms with Crippen molar-refractivity contribution >= 4 is 21.7 Å². The number of carbonyl (C=O) groups is 1. The number of carbonyl (C=O) groups excluding carboxylic acids is 1. The topological polar surface area (TPSA) is 93.5 Å². The smallest absolute Gasteiger partial charge is 0.321 e. The first-order valence-electron chi connectivity index (χ1n) is 7.30. The molecule has 2 rings (SSSR count). The van der Waals surface area contributed by atoms with Crippen molar-refractivity contribution in [3.8, 4) is 6.07 Å². The van der Waals surface area contributed by atoms with Crippen LogP contribution in [0.1, 0.15) is 18.4 Å². The molecular weight excluding hydrogens is 316 g/mol. The Morgan fingerprint density at radius 1 is 1.30 bits per heavy atom. The van der Waals surface area contributed by atoms with Crippen molar-refractivity contribution < 1.29 is 13.2 Å². The zero-order chi connectivity index (χ0) is 17.0. The minimum atomic E-state index is -3.21. The average Bonchev–Trinajstić information content (AvgIpc) is 2.54. The number of hydrogen-bond donors (Lipinski definition) is 1. The van der Waals surface area contributed by atoms with Gasteiger partial charge in [0, 0.05) is 31.9 Å². The Balaban J connectivity index is 1.89. The highest BCUT2D eigenvalue weighted by atomic mass is 32.2. The third-order valence-corrected chi connectivity index (χ3v) is 5.40. The van der Waals surface area contributed by atoms with Gasteiger partial charge < -0.3 is 10.2 Å². The Labute approximate surface area is 136 Å². The van der Waals surface area contributed by atoms with E-state index in [0.29, 0.717) is 37.2 Å². The molecular formula is C15H20N4O3S. The predicted octanol–water partition coefficient (Wildman–Crippen LogP) is 1.45. The molecule has 0 bridgehead atoms. The van der Waals surface area contributed by atoms with E-state index >= 15 is 0 Å². The monoisotopic (exact) mass is 336 g/mol. The number of piperidine rings is 1. The van der Waals surface area contributed by atoms with E-state index in [1.165, 1.54) is 10.6 Å². The highest BCUT2D eigenvalue weighted by Crippen LogP contribution is 2.18. The molecule has 23 heavy (non-hydrogen) atoms. The molecule has 1 fully saturated rings. The Hall–Kier alpha value is -2.11. The molecule has 124 valence electrons. The second-order valence-corrected chi connectivity index (χ2v) is 7.66. The first-order chi connectivity index (χ1) is 10.8. The van der Waals surface area contributed by atoms with Gasteiger partial charge in [-0.1, -0.05) is 0 Å². The van der Waals surface area contributed by atoms with Crippen molar-refractivity contribution in [2.75, 3.05) is 31.7 Å². The maximum absolute atomic E-state index is 12.2. The van der Waals surface area contributed by atoms with Gasteiger partial charge in [0.2, 0.25) is 10.0 Å². The summed E-state index contributed by atoms with van der Waals surface area (Å²) in [5.74, 6) is 0. The molecule has 7 nitrogen and oxygen atoms in total. The molecule has 1 aromatic carbocycles. The fourth-order valence-corrected chi connectivity index (χ4v) is 3.29. The number of urea groups is 1.